The summed E-state index contributed by atoms with van der Waals surface area (Å²) < 4.78 is 12.5. The van der Waals surface area contributed by atoms with Crippen LogP contribution in [0.3, 0.4) is 0 Å². The van der Waals surface area contributed by atoms with Gasteiger partial charge in [-0.25, -0.2) is 0 Å². The fourth-order valence-corrected chi connectivity index (χ4v) is 3.13. The van der Waals surface area contributed by atoms with Gasteiger partial charge in [-0.05, 0) is 19.9 Å². The third-order valence-corrected chi connectivity index (χ3v) is 4.69. The number of aliphatic hydroxyl groups is 1. The highest BCUT2D eigenvalue weighted by Crippen LogP contribution is 2.35. The van der Waals surface area contributed by atoms with Gasteiger partial charge < -0.3 is 29.4 Å². The fraction of sp³-hybridized carbons (Fsp3) is 0.421. The lowest BCUT2D eigenvalue weighted by Crippen LogP contribution is -2.47. The van der Waals surface area contributed by atoms with Crippen LogP contribution < -0.4 is 20.2 Å². The Balaban J connectivity index is 1.95. The predicted molar refractivity (Wildman–Crippen MR) is 102 cm³/mol. The Morgan fingerprint density at radius 1 is 1.32 bits per heavy atom. The van der Waals surface area contributed by atoms with Crippen molar-refractivity contribution in [3.63, 3.8) is 0 Å². The maximum Gasteiger partial charge on any atom is 0.257 e. The maximum atomic E-state index is 12.9. The Morgan fingerprint density at radius 2 is 2.00 bits per heavy atom. The van der Waals surface area contributed by atoms with Gasteiger partial charge in [0, 0.05) is 32.4 Å². The highest BCUT2D eigenvalue weighted by molar-refractivity contribution is 6.00. The minimum Gasteiger partial charge on any atom is -0.454 e. The molecule has 150 valence electrons. The second-order valence-corrected chi connectivity index (χ2v) is 6.56. The molecule has 0 aliphatic carbocycles. The summed E-state index contributed by atoms with van der Waals surface area (Å²) in [5.74, 6) is 0.0174. The molecule has 1 atom stereocenters. The first-order chi connectivity index (χ1) is 13.4. The molecular formula is C19H23N3O6. The van der Waals surface area contributed by atoms with Crippen LogP contribution in [0.2, 0.25) is 0 Å². The van der Waals surface area contributed by atoms with E-state index in [1.807, 2.05) is 6.92 Å². The minimum atomic E-state index is -0.842. The fourth-order valence-electron chi connectivity index (χ4n) is 3.13. The summed E-state index contributed by atoms with van der Waals surface area (Å²) in [4.78, 5) is 39.2. The van der Waals surface area contributed by atoms with Crippen LogP contribution in [0.1, 0.15) is 24.2 Å². The summed E-state index contributed by atoms with van der Waals surface area (Å²) in [5, 5.41) is 11.9. The van der Waals surface area contributed by atoms with Gasteiger partial charge >= 0.3 is 0 Å². The number of benzene rings is 1. The van der Waals surface area contributed by atoms with Gasteiger partial charge in [-0.2, -0.15) is 0 Å². The summed E-state index contributed by atoms with van der Waals surface area (Å²) >= 11 is 0. The van der Waals surface area contributed by atoms with Crippen LogP contribution >= 0.6 is 0 Å². The highest BCUT2D eigenvalue weighted by Gasteiger charge is 2.24. The SMILES string of the molecule is CCn1cc(C(=O)NC(C)C(=O)N(C)CCO)c(=O)c2cc3c(cc21)OCO3. The molecule has 1 unspecified atom stereocenters. The van der Waals surface area contributed by atoms with E-state index in [1.165, 1.54) is 25.1 Å². The van der Waals surface area contributed by atoms with Gasteiger partial charge in [0.1, 0.15) is 11.6 Å². The first-order valence-corrected chi connectivity index (χ1v) is 9.00. The van der Waals surface area contributed by atoms with Crippen molar-refractivity contribution < 1.29 is 24.2 Å². The summed E-state index contributed by atoms with van der Waals surface area (Å²) in [6.07, 6.45) is 1.48. The number of ether oxygens (including phenoxy) is 2. The number of nitrogens with one attached hydrogen (secondary N) is 1. The van der Waals surface area contributed by atoms with Crippen LogP contribution in [0.15, 0.2) is 23.1 Å². The van der Waals surface area contributed by atoms with Gasteiger partial charge in [-0.3, -0.25) is 14.4 Å². The number of aromatic nitrogens is 1. The predicted octanol–water partition coefficient (Wildman–Crippen LogP) is 0.319. The molecule has 0 fully saturated rings. The highest BCUT2D eigenvalue weighted by atomic mass is 16.7. The van der Waals surface area contributed by atoms with E-state index in [9.17, 15) is 14.4 Å². The van der Waals surface area contributed by atoms with E-state index in [2.05, 4.69) is 5.32 Å². The molecule has 1 aliphatic rings. The van der Waals surface area contributed by atoms with Crippen LogP contribution in [0, 0.1) is 0 Å². The average molecular weight is 389 g/mol. The Hall–Kier alpha value is -3.07. The Morgan fingerprint density at radius 3 is 2.64 bits per heavy atom. The molecule has 2 N–H and O–H groups in total. The third-order valence-electron chi connectivity index (χ3n) is 4.69. The van der Waals surface area contributed by atoms with Gasteiger partial charge in [0.25, 0.3) is 5.91 Å². The molecule has 1 aliphatic heterocycles. The van der Waals surface area contributed by atoms with Crippen LogP contribution in [0.4, 0.5) is 0 Å². The molecule has 0 saturated heterocycles. The summed E-state index contributed by atoms with van der Waals surface area (Å²) in [5.41, 5.74) is 0.136. The van der Waals surface area contributed by atoms with Gasteiger partial charge in [0.2, 0.25) is 18.1 Å². The molecule has 9 heteroatoms. The normalized spacial score (nSPS) is 13.4. The van der Waals surface area contributed by atoms with Crippen LogP contribution in [-0.4, -0.2) is 59.4 Å². The van der Waals surface area contributed by atoms with Crippen molar-refractivity contribution in [1.82, 2.24) is 14.8 Å². The van der Waals surface area contributed by atoms with Crippen LogP contribution in [0.25, 0.3) is 10.9 Å². The van der Waals surface area contributed by atoms with Crippen molar-refractivity contribution >= 4 is 22.7 Å². The molecule has 0 spiro atoms. The quantitative estimate of drug-likeness (QED) is 0.736. The van der Waals surface area contributed by atoms with Crippen molar-refractivity contribution in [1.29, 1.82) is 0 Å². The number of carbonyl (C=O) groups excluding carboxylic acids is 2. The number of fused-ring (bicyclic) bond motifs is 2. The Kier molecular flexibility index (Phi) is 5.55. The molecular weight excluding hydrogens is 366 g/mol. The summed E-state index contributed by atoms with van der Waals surface area (Å²) in [6.45, 7) is 4.03. The van der Waals surface area contributed by atoms with E-state index in [-0.39, 0.29) is 31.4 Å². The van der Waals surface area contributed by atoms with Crippen molar-refractivity contribution in [2.45, 2.75) is 26.4 Å². The van der Waals surface area contributed by atoms with Gasteiger partial charge in [-0.15, -0.1) is 0 Å². The number of rotatable bonds is 6. The number of likely N-dealkylation sites (N-methyl/N-ethyl adjacent to an activating group) is 1. The number of pyridine rings is 1. The molecule has 2 aromatic rings. The minimum absolute atomic E-state index is 0.0577. The van der Waals surface area contributed by atoms with E-state index >= 15 is 0 Å². The Labute approximate surface area is 161 Å². The number of aryl methyl sites for hydroxylation is 1. The average Bonchev–Trinajstić information content (AvgIpc) is 3.14. The molecule has 28 heavy (non-hydrogen) atoms. The molecule has 3 rings (SSSR count). The number of carbonyl (C=O) groups is 2. The lowest BCUT2D eigenvalue weighted by atomic mass is 10.1. The van der Waals surface area contributed by atoms with Crippen molar-refractivity contribution in [2.75, 3.05) is 27.0 Å². The number of amides is 2. The second kappa shape index (κ2) is 7.89. The second-order valence-electron chi connectivity index (χ2n) is 6.56. The first kappa shape index (κ1) is 19.7. The molecule has 0 saturated carbocycles. The smallest absolute Gasteiger partial charge is 0.257 e. The topological polar surface area (TPSA) is 110 Å². The molecule has 0 radical (unpaired) electrons. The van der Waals surface area contributed by atoms with Gasteiger partial charge in [0.15, 0.2) is 11.5 Å². The van der Waals surface area contributed by atoms with Crippen molar-refractivity contribution in [2.24, 2.45) is 0 Å². The summed E-state index contributed by atoms with van der Waals surface area (Å²) in [7, 11) is 1.53. The standard InChI is InChI=1S/C19H23N3O6/c1-4-22-9-13(18(25)20-11(2)19(26)21(3)5-6-23)17(24)12-7-15-16(8-14(12)22)28-10-27-15/h7-9,11,23H,4-6,10H2,1-3H3,(H,20,25). The van der Waals surface area contributed by atoms with Crippen molar-refractivity contribution in [3.05, 3.63) is 34.1 Å². The first-order valence-electron chi connectivity index (χ1n) is 9.00. The molecule has 1 aromatic heterocycles. The Bertz CT molecular complexity index is 984. The van der Waals surface area contributed by atoms with Crippen molar-refractivity contribution in [3.8, 4) is 11.5 Å². The van der Waals surface area contributed by atoms with E-state index in [1.54, 1.807) is 16.7 Å². The number of aliphatic hydroxyl groups excluding tert-OH is 1. The molecule has 0 bridgehead atoms. The van der Waals surface area contributed by atoms with Gasteiger partial charge in [0.05, 0.1) is 17.5 Å². The molecule has 1 aromatic carbocycles. The summed E-state index contributed by atoms with van der Waals surface area (Å²) in [6, 6.07) is 2.46. The van der Waals surface area contributed by atoms with E-state index in [0.717, 1.165) is 0 Å². The lowest BCUT2D eigenvalue weighted by molar-refractivity contribution is -0.131. The lowest BCUT2D eigenvalue weighted by Gasteiger charge is -2.21. The number of nitrogens with zero attached hydrogens (tertiary/aromatic N) is 2. The van der Waals surface area contributed by atoms with Crippen LogP contribution in [0.5, 0.6) is 11.5 Å². The maximum absolute atomic E-state index is 12.9. The monoisotopic (exact) mass is 389 g/mol. The molecule has 2 heterocycles. The van der Waals surface area contributed by atoms with E-state index in [4.69, 9.17) is 14.6 Å². The zero-order chi connectivity index (χ0) is 20.4. The number of hydrogen-bond acceptors (Lipinski definition) is 6. The number of hydrogen-bond donors (Lipinski definition) is 2. The van der Waals surface area contributed by atoms with E-state index in [0.29, 0.717) is 28.9 Å². The third kappa shape index (κ3) is 3.53. The van der Waals surface area contributed by atoms with E-state index < -0.39 is 17.4 Å². The van der Waals surface area contributed by atoms with Gasteiger partial charge in [-0.1, -0.05) is 0 Å². The zero-order valence-corrected chi connectivity index (χ0v) is 16.0. The largest absolute Gasteiger partial charge is 0.454 e. The van der Waals surface area contributed by atoms with Crippen LogP contribution in [-0.2, 0) is 11.3 Å². The molecule has 9 nitrogen and oxygen atoms in total. The zero-order valence-electron chi connectivity index (χ0n) is 16.0. The molecule has 2 amide bonds.